The largest absolute Gasteiger partial charge is 0.492 e. The molecule has 0 aromatic carbocycles. The van der Waals surface area contributed by atoms with Gasteiger partial charge in [0, 0.05) is 0 Å². The zero-order chi connectivity index (χ0) is 9.78. The van der Waals surface area contributed by atoms with E-state index in [2.05, 4.69) is 11.3 Å². The van der Waals surface area contributed by atoms with Crippen LogP contribution in [0.1, 0.15) is 0 Å². The lowest BCUT2D eigenvalue weighted by molar-refractivity contribution is -0.207. The van der Waals surface area contributed by atoms with Crippen molar-refractivity contribution in [3.8, 4) is 0 Å². The van der Waals surface area contributed by atoms with E-state index in [1.54, 1.807) is 0 Å². The van der Waals surface area contributed by atoms with Gasteiger partial charge in [0.2, 0.25) is 6.17 Å². The predicted octanol–water partition coefficient (Wildman–Crippen LogP) is 2.39. The zero-order valence-electron chi connectivity index (χ0n) is 5.94. The lowest BCUT2D eigenvalue weighted by Gasteiger charge is -2.19. The number of alkyl halides is 5. The van der Waals surface area contributed by atoms with Crippen LogP contribution in [-0.4, -0.2) is 25.1 Å². The van der Waals surface area contributed by atoms with Crippen LogP contribution in [0.2, 0.25) is 0 Å². The third-order valence-corrected chi connectivity index (χ3v) is 1.06. The van der Waals surface area contributed by atoms with Crippen LogP contribution in [0.25, 0.3) is 0 Å². The molecular formula is C6H7F5O. The summed E-state index contributed by atoms with van der Waals surface area (Å²) in [5.41, 5.74) is 0. The first kappa shape index (κ1) is 11.2. The van der Waals surface area contributed by atoms with Gasteiger partial charge in [0.25, 0.3) is 0 Å². The summed E-state index contributed by atoms with van der Waals surface area (Å²) in [5, 5.41) is 0. The van der Waals surface area contributed by atoms with E-state index in [0.29, 0.717) is 6.26 Å². The molecule has 12 heavy (non-hydrogen) atoms. The Balaban J connectivity index is 4.20. The Bertz CT molecular complexity index is 143. The third-order valence-electron chi connectivity index (χ3n) is 1.06. The molecule has 2 atom stereocenters. The topological polar surface area (TPSA) is 9.23 Å². The highest BCUT2D eigenvalue weighted by Gasteiger charge is 2.46. The maximum absolute atomic E-state index is 12.2. The van der Waals surface area contributed by atoms with E-state index in [0.717, 1.165) is 0 Å². The summed E-state index contributed by atoms with van der Waals surface area (Å²) in [6.07, 6.45) is -9.99. The number of hydrogen-bond donors (Lipinski definition) is 0. The van der Waals surface area contributed by atoms with E-state index in [-0.39, 0.29) is 0 Å². The van der Waals surface area contributed by atoms with Crippen LogP contribution < -0.4 is 0 Å². The first-order valence-electron chi connectivity index (χ1n) is 2.96. The average molecular weight is 190 g/mol. The van der Waals surface area contributed by atoms with Gasteiger partial charge < -0.3 is 4.74 Å². The molecule has 0 saturated carbocycles. The molecule has 0 aromatic rings. The summed E-state index contributed by atoms with van der Waals surface area (Å²) < 4.78 is 62.6. The van der Waals surface area contributed by atoms with Gasteiger partial charge in [-0.25, -0.2) is 8.78 Å². The molecule has 1 nitrogen and oxygen atoms in total. The smallest absolute Gasteiger partial charge is 0.423 e. The molecular weight excluding hydrogens is 183 g/mol. The summed E-state index contributed by atoms with van der Waals surface area (Å²) >= 11 is 0. The van der Waals surface area contributed by atoms with Crippen molar-refractivity contribution in [3.63, 3.8) is 0 Å². The highest BCUT2D eigenvalue weighted by molar-refractivity contribution is 4.77. The Labute approximate surface area is 65.8 Å². The van der Waals surface area contributed by atoms with Gasteiger partial charge in [-0.1, -0.05) is 6.58 Å². The van der Waals surface area contributed by atoms with E-state index >= 15 is 0 Å². The quantitative estimate of drug-likeness (QED) is 0.488. The Kier molecular flexibility index (Phi) is 3.99. The fourth-order valence-electron chi connectivity index (χ4n) is 0.518. The predicted molar refractivity (Wildman–Crippen MR) is 32.0 cm³/mol. The van der Waals surface area contributed by atoms with Crippen molar-refractivity contribution in [1.82, 2.24) is 0 Å². The fraction of sp³-hybridized carbons (Fsp3) is 0.667. The van der Waals surface area contributed by atoms with Gasteiger partial charge in [-0.2, -0.15) is 13.2 Å². The van der Waals surface area contributed by atoms with Gasteiger partial charge in [-0.3, -0.25) is 0 Å². The maximum Gasteiger partial charge on any atom is 0.423 e. The Hall–Kier alpha value is -0.810. The molecule has 0 rings (SSSR count). The minimum atomic E-state index is -5.10. The summed E-state index contributed by atoms with van der Waals surface area (Å²) in [7, 11) is 0. The third kappa shape index (κ3) is 3.06. The average Bonchev–Trinajstić information content (AvgIpc) is 1.97. The van der Waals surface area contributed by atoms with Crippen molar-refractivity contribution < 1.29 is 26.7 Å². The molecule has 0 aliphatic rings. The second-order valence-electron chi connectivity index (χ2n) is 1.94. The van der Waals surface area contributed by atoms with Gasteiger partial charge in [-0.15, -0.1) is 0 Å². The Morgan fingerprint density at radius 3 is 2.17 bits per heavy atom. The molecule has 0 aliphatic heterocycles. The lowest BCUT2D eigenvalue weighted by Crippen LogP contribution is -2.38. The summed E-state index contributed by atoms with van der Waals surface area (Å²) in [5.74, 6) is 0. The second kappa shape index (κ2) is 4.27. The van der Waals surface area contributed by atoms with Crippen LogP contribution in [0.5, 0.6) is 0 Å². The monoisotopic (exact) mass is 190 g/mol. The number of halogens is 5. The van der Waals surface area contributed by atoms with Crippen LogP contribution in [0.3, 0.4) is 0 Å². The van der Waals surface area contributed by atoms with Crippen LogP contribution in [0.15, 0.2) is 12.8 Å². The summed E-state index contributed by atoms with van der Waals surface area (Å²) in [4.78, 5) is 0. The van der Waals surface area contributed by atoms with E-state index in [9.17, 15) is 22.0 Å². The number of rotatable bonds is 4. The minimum absolute atomic E-state index is 0.572. The molecule has 6 heteroatoms. The number of hydrogen-bond acceptors (Lipinski definition) is 1. The van der Waals surface area contributed by atoms with Gasteiger partial charge in [0.1, 0.15) is 6.67 Å². The molecule has 0 aromatic heterocycles. The molecule has 0 radical (unpaired) electrons. The normalized spacial score (nSPS) is 16.8. The Morgan fingerprint density at radius 1 is 1.42 bits per heavy atom. The molecule has 0 bridgehead atoms. The maximum atomic E-state index is 12.2. The van der Waals surface area contributed by atoms with Gasteiger partial charge >= 0.3 is 6.18 Å². The van der Waals surface area contributed by atoms with Crippen LogP contribution >= 0.6 is 0 Å². The van der Waals surface area contributed by atoms with Crippen LogP contribution in [0.4, 0.5) is 22.0 Å². The van der Waals surface area contributed by atoms with Crippen molar-refractivity contribution in [2.75, 3.05) is 6.67 Å². The molecule has 2 unspecified atom stereocenters. The van der Waals surface area contributed by atoms with Crippen molar-refractivity contribution in [1.29, 1.82) is 0 Å². The highest BCUT2D eigenvalue weighted by atomic mass is 19.4. The van der Waals surface area contributed by atoms with Crippen LogP contribution in [-0.2, 0) is 4.74 Å². The van der Waals surface area contributed by atoms with Crippen molar-refractivity contribution in [3.05, 3.63) is 12.8 Å². The first-order chi connectivity index (χ1) is 5.43. The highest BCUT2D eigenvalue weighted by Crippen LogP contribution is 2.27. The zero-order valence-corrected chi connectivity index (χ0v) is 5.94. The van der Waals surface area contributed by atoms with Gasteiger partial charge in [0.05, 0.1) is 6.26 Å². The molecule has 72 valence electrons. The fourth-order valence-corrected chi connectivity index (χ4v) is 0.518. The van der Waals surface area contributed by atoms with E-state index in [1.807, 2.05) is 0 Å². The van der Waals surface area contributed by atoms with E-state index in [4.69, 9.17) is 0 Å². The SMILES string of the molecule is C=COC(CF)C(F)C(F)(F)F. The Morgan fingerprint density at radius 2 is 1.92 bits per heavy atom. The summed E-state index contributed by atoms with van der Waals surface area (Å²) in [6, 6.07) is 0. The molecule has 0 spiro atoms. The standard InChI is InChI=1S/C6H7F5O/c1-2-12-4(3-7)5(8)6(9,10)11/h2,4-5H,1,3H2. The molecule has 0 heterocycles. The number of ether oxygens (including phenoxy) is 1. The van der Waals surface area contributed by atoms with E-state index in [1.165, 1.54) is 0 Å². The molecule has 0 fully saturated rings. The first-order valence-corrected chi connectivity index (χ1v) is 2.96. The van der Waals surface area contributed by atoms with Gasteiger partial charge in [0.15, 0.2) is 6.10 Å². The van der Waals surface area contributed by atoms with Crippen molar-refractivity contribution in [2.45, 2.75) is 18.5 Å². The second-order valence-corrected chi connectivity index (χ2v) is 1.94. The molecule has 0 amide bonds. The molecule has 0 aliphatic carbocycles. The van der Waals surface area contributed by atoms with Crippen LogP contribution in [0, 0.1) is 0 Å². The van der Waals surface area contributed by atoms with Gasteiger partial charge in [-0.05, 0) is 0 Å². The van der Waals surface area contributed by atoms with Crippen molar-refractivity contribution >= 4 is 0 Å². The summed E-state index contributed by atoms with van der Waals surface area (Å²) in [6.45, 7) is 1.34. The lowest BCUT2D eigenvalue weighted by atomic mass is 10.2. The minimum Gasteiger partial charge on any atom is -0.492 e. The van der Waals surface area contributed by atoms with Crippen molar-refractivity contribution in [2.24, 2.45) is 0 Å². The van der Waals surface area contributed by atoms with E-state index < -0.39 is 25.1 Å². The molecule has 0 saturated heterocycles. The molecule has 0 N–H and O–H groups in total.